The average molecular weight is 2170 g/mol. The third kappa shape index (κ3) is 34.7. The number of hydrogen-bond acceptors (Lipinski definition) is 30. The van der Waals surface area contributed by atoms with Crippen LogP contribution in [0.1, 0.15) is 25.7 Å². The number of ether oxygens (including phenoxy) is 20. The molecular formula is C104H132BF4N6O28P2Rh-. The van der Waals surface area contributed by atoms with E-state index in [1.54, 1.807) is 28.4 Å². The minimum absolute atomic E-state index is 0. The average Bonchev–Trinajstić information content (AvgIpc) is 1.55. The maximum atomic E-state index is 13.5. The van der Waals surface area contributed by atoms with Gasteiger partial charge in [-0.2, -0.15) is 0 Å². The monoisotopic (exact) mass is 2160 g/mol. The van der Waals surface area contributed by atoms with E-state index in [0.717, 1.165) is 109 Å². The first kappa shape index (κ1) is 117. The van der Waals surface area contributed by atoms with Gasteiger partial charge < -0.3 is 147 Å². The fourth-order valence-corrected chi connectivity index (χ4v) is 18.3. The Morgan fingerprint density at radius 1 is 0.260 bits per heavy atom. The molecule has 15 rings (SSSR count). The number of halogens is 4. The number of esters is 4. The van der Waals surface area contributed by atoms with Crippen LogP contribution in [0.15, 0.2) is 162 Å². The SMILES string of the molecule is COCCOCCOCCOCCOC(=O)Cn1c2ccccc2c2c3c(ccc21)op(N(C)C)oc1ccc2c(c4ccccc4n2CC(=O)OCCOCCOCCOCCOC)c13.COCCOCCOCCOCCOC(=O)Cn1c2ccccc2c2c3c(ccc21)op(N(C)C)oc1ccc2c(c4ccccc4n2CC(=O)OCCOCCOCCOCCOC)c13.F[B-](F)(F)F.[CH]1[CH]CC[CH][CH]CC1.[Rh]. The summed E-state index contributed by atoms with van der Waals surface area (Å²) in [6, 6.07) is 47.7. The molecule has 0 unspecified atom stereocenters. The largest absolute Gasteiger partial charge is 0.673 e. The minimum Gasteiger partial charge on any atom is -0.462 e. The Kier molecular flexibility index (Phi) is 50.6. The second-order valence-electron chi connectivity index (χ2n) is 33.1. The first-order valence-corrected chi connectivity index (χ1v) is 50.6. The van der Waals surface area contributed by atoms with E-state index < -0.39 is 47.5 Å². The zero-order chi connectivity index (χ0) is 102. The quantitative estimate of drug-likeness (QED) is 0.0112. The predicted octanol–water partition coefficient (Wildman–Crippen LogP) is 18.0. The molecule has 0 bridgehead atoms. The third-order valence-corrected chi connectivity index (χ3v) is 25.3. The van der Waals surface area contributed by atoms with Crippen LogP contribution in [0.2, 0.25) is 0 Å². The van der Waals surface area contributed by atoms with Gasteiger partial charge in [-0.3, -0.25) is 19.2 Å². The van der Waals surface area contributed by atoms with Gasteiger partial charge in [0.15, 0.2) is 0 Å². The number of hydrogen-bond donors (Lipinski definition) is 0. The number of aromatic nitrogens is 4. The van der Waals surface area contributed by atoms with E-state index in [1.807, 2.05) is 177 Å². The van der Waals surface area contributed by atoms with Crippen LogP contribution in [-0.4, -0.2) is 317 Å². The number of rotatable bonds is 58. The summed E-state index contributed by atoms with van der Waals surface area (Å²) in [4.78, 5) is 53.9. The fourth-order valence-electron chi connectivity index (χ4n) is 16.3. The zero-order valence-electron chi connectivity index (χ0n) is 83.9. The van der Waals surface area contributed by atoms with E-state index in [-0.39, 0.29) is 98.5 Å². The van der Waals surface area contributed by atoms with Crippen LogP contribution < -0.4 is 9.34 Å². The van der Waals surface area contributed by atoms with Crippen molar-refractivity contribution < 1.29 is 167 Å². The van der Waals surface area contributed by atoms with Crippen molar-refractivity contribution in [2.75, 3.05) is 277 Å². The smallest absolute Gasteiger partial charge is 0.462 e. The van der Waals surface area contributed by atoms with Gasteiger partial charge in [0.25, 0.3) is 0 Å². The van der Waals surface area contributed by atoms with Crippen LogP contribution in [0.25, 0.3) is 131 Å². The van der Waals surface area contributed by atoms with E-state index in [4.69, 9.17) is 112 Å². The topological polar surface area (TPSA) is 332 Å². The summed E-state index contributed by atoms with van der Waals surface area (Å²) in [6.45, 7) is 12.4. The minimum atomic E-state index is -6.00. The number of carbonyl (C=O) groups is 4. The Bertz CT molecular complexity index is 5720. The Morgan fingerprint density at radius 3 is 0.610 bits per heavy atom. The van der Waals surface area contributed by atoms with Crippen molar-refractivity contribution in [3.05, 3.63) is 171 Å². The van der Waals surface area contributed by atoms with Crippen molar-refractivity contribution >= 4 is 179 Å². The van der Waals surface area contributed by atoms with E-state index in [1.165, 1.54) is 25.7 Å². The molecule has 0 spiro atoms. The number of para-hydroxylation sites is 4. The summed E-state index contributed by atoms with van der Waals surface area (Å²) in [7, 11) is 5.08. The summed E-state index contributed by atoms with van der Waals surface area (Å²) in [5.74, 6) is -1.59. The third-order valence-electron chi connectivity index (χ3n) is 22.6. The molecule has 42 heteroatoms. The summed E-state index contributed by atoms with van der Waals surface area (Å²) in [6.07, 6.45) is 14.0. The molecule has 1 saturated carbocycles. The summed E-state index contributed by atoms with van der Waals surface area (Å²) < 4.78 is 186. The molecular weight excluding hydrogens is 2030 g/mol. The van der Waals surface area contributed by atoms with Crippen LogP contribution >= 0.6 is 16.3 Å². The van der Waals surface area contributed by atoms with Gasteiger partial charge in [0.1, 0.15) is 74.9 Å². The molecule has 0 N–H and O–H groups in total. The zero-order valence-corrected chi connectivity index (χ0v) is 87.3. The number of benzene rings is 8. The number of carbonyl (C=O) groups excluding carboxylic acids is 4. The first-order valence-electron chi connectivity index (χ1n) is 48.3. The summed E-state index contributed by atoms with van der Waals surface area (Å²) in [5, 5.41) is 10.6. The molecule has 1 aliphatic rings. The number of nitrogens with zero attached hydrogens (tertiary/aromatic N) is 6. The van der Waals surface area contributed by atoms with Gasteiger partial charge in [0, 0.05) is 163 Å². The molecule has 6 heterocycles. The Labute approximate surface area is 860 Å². The first-order chi connectivity index (χ1) is 70.8. The van der Waals surface area contributed by atoms with Crippen LogP contribution in [0.3, 0.4) is 0 Å². The summed E-state index contributed by atoms with van der Waals surface area (Å²) in [5.41, 5.74) is 9.26. The van der Waals surface area contributed by atoms with Gasteiger partial charge in [-0.1, -0.05) is 72.8 Å². The van der Waals surface area contributed by atoms with Crippen molar-refractivity contribution in [1.82, 2.24) is 18.3 Å². The molecule has 34 nitrogen and oxygen atoms in total. The van der Waals surface area contributed by atoms with Crippen LogP contribution in [-0.2, 0) is 160 Å². The van der Waals surface area contributed by atoms with E-state index in [2.05, 4.69) is 49.9 Å². The molecule has 8 aromatic carbocycles. The molecule has 797 valence electrons. The second kappa shape index (κ2) is 63.4. The van der Waals surface area contributed by atoms with Gasteiger partial charge in [0.05, 0.1) is 207 Å². The van der Waals surface area contributed by atoms with Gasteiger partial charge in [-0.05, 0) is 124 Å². The molecule has 1 fully saturated rings. The van der Waals surface area contributed by atoms with Gasteiger partial charge >= 0.3 is 47.5 Å². The number of fused-ring (bicyclic) bond motifs is 22. The Morgan fingerprint density at radius 2 is 0.432 bits per heavy atom. The van der Waals surface area contributed by atoms with Gasteiger partial charge in [-0.25, -0.2) is 9.34 Å². The molecule has 6 aromatic heterocycles. The maximum absolute atomic E-state index is 13.5. The normalized spacial score (nSPS) is 12.5. The molecule has 0 atom stereocenters. The molecule has 1 aliphatic carbocycles. The Hall–Kier alpha value is -9.67. The van der Waals surface area contributed by atoms with E-state index in [0.29, 0.717) is 181 Å². The summed E-state index contributed by atoms with van der Waals surface area (Å²) >= 11 is 0. The van der Waals surface area contributed by atoms with Crippen molar-refractivity contribution in [3.63, 3.8) is 0 Å². The molecule has 146 heavy (non-hydrogen) atoms. The fraction of sp³-hybridized carbons (Fsp3) is 0.462. The molecule has 0 amide bonds. The molecule has 14 aromatic rings. The predicted molar refractivity (Wildman–Crippen MR) is 552 cm³/mol. The van der Waals surface area contributed by atoms with Crippen molar-refractivity contribution in [2.45, 2.75) is 51.9 Å². The molecule has 5 radical (unpaired) electrons. The van der Waals surface area contributed by atoms with Crippen molar-refractivity contribution in [3.8, 4) is 0 Å². The van der Waals surface area contributed by atoms with Crippen molar-refractivity contribution in [2.24, 2.45) is 0 Å². The second-order valence-corrected chi connectivity index (χ2v) is 36.4. The standard InChI is InChI=1S/2C48H60N3O14P.C8H12.BF4.Rh/c2*1-49(2)66-64-41-15-13-39-45(35-9-5-7-11-37(35)50(39)33-43(52)62-31-29-60-27-25-58-23-21-56-19-17-54-3)47(41)48-42(65-66)16-14-40-46(48)36-10-6-8-12-38(36)51(40)34-44(53)63-32-30-61-28-26-59-24-22-57-20-18-55-4;1-2-4-6-8-7-5-3-1;2-1(3,4)5;/h2*5-16H,17-34H2,1-4H3;1-2,7-8H,3-6H2;;/q;;;-1;. The van der Waals surface area contributed by atoms with Crippen LogP contribution in [0.4, 0.5) is 17.3 Å². The number of methoxy groups -OCH3 is 4. The van der Waals surface area contributed by atoms with Crippen LogP contribution in [0.5, 0.6) is 0 Å². The van der Waals surface area contributed by atoms with Gasteiger partial charge in [0.2, 0.25) is 0 Å². The maximum Gasteiger partial charge on any atom is 0.673 e. The van der Waals surface area contributed by atoms with Crippen LogP contribution in [0, 0.1) is 25.7 Å². The van der Waals surface area contributed by atoms with E-state index in [9.17, 15) is 36.4 Å². The van der Waals surface area contributed by atoms with Gasteiger partial charge in [-0.15, -0.1) is 0 Å². The van der Waals surface area contributed by atoms with Crippen molar-refractivity contribution in [1.29, 1.82) is 0 Å². The Balaban J connectivity index is 0.000000245. The van der Waals surface area contributed by atoms with E-state index >= 15 is 0 Å². The molecule has 0 saturated heterocycles. The molecule has 0 aliphatic heterocycles.